The van der Waals surface area contributed by atoms with Crippen molar-refractivity contribution in [3.05, 3.63) is 65.2 Å². The molecule has 0 aromatic heterocycles. The fourth-order valence-electron chi connectivity index (χ4n) is 2.22. The minimum atomic E-state index is -0.145. The number of nitrogens with one attached hydrogen (secondary N) is 2. The average Bonchev–Trinajstić information content (AvgIpc) is 2.53. The average molecular weight is 312 g/mol. The lowest BCUT2D eigenvalue weighted by atomic mass is 10.1. The molecule has 0 spiro atoms. The number of carbonyl (C=O) groups is 2. The third kappa shape index (κ3) is 5.23. The van der Waals surface area contributed by atoms with Crippen LogP contribution in [0.25, 0.3) is 0 Å². The van der Waals surface area contributed by atoms with Crippen LogP contribution >= 0.6 is 0 Å². The number of benzene rings is 2. The predicted molar refractivity (Wildman–Crippen MR) is 89.1 cm³/mol. The molecule has 0 saturated heterocycles. The van der Waals surface area contributed by atoms with Crippen molar-refractivity contribution in [1.29, 1.82) is 0 Å². The van der Waals surface area contributed by atoms with E-state index in [4.69, 9.17) is 4.74 Å². The zero-order valence-electron chi connectivity index (χ0n) is 13.3. The first kappa shape index (κ1) is 16.7. The first-order valence-corrected chi connectivity index (χ1v) is 7.31. The Morgan fingerprint density at radius 3 is 2.52 bits per heavy atom. The van der Waals surface area contributed by atoms with Gasteiger partial charge in [0.2, 0.25) is 5.91 Å². The number of ether oxygens (including phenoxy) is 1. The summed E-state index contributed by atoms with van der Waals surface area (Å²) in [6, 6.07) is 14.7. The van der Waals surface area contributed by atoms with Crippen LogP contribution in [0.4, 0.5) is 5.69 Å². The second-order valence-electron chi connectivity index (χ2n) is 5.20. The van der Waals surface area contributed by atoms with Crippen molar-refractivity contribution in [1.82, 2.24) is 5.32 Å². The van der Waals surface area contributed by atoms with Crippen LogP contribution in [0.5, 0.6) is 0 Å². The third-order valence-corrected chi connectivity index (χ3v) is 3.20. The summed E-state index contributed by atoms with van der Waals surface area (Å²) in [5.41, 5.74) is 3.18. The molecule has 0 aliphatic rings. The Labute approximate surface area is 135 Å². The Hall–Kier alpha value is -2.66. The molecule has 0 bridgehead atoms. The molecule has 0 atom stereocenters. The van der Waals surface area contributed by atoms with Gasteiger partial charge < -0.3 is 15.4 Å². The van der Waals surface area contributed by atoms with Gasteiger partial charge in [0.25, 0.3) is 5.91 Å². The van der Waals surface area contributed by atoms with Gasteiger partial charge >= 0.3 is 0 Å². The lowest BCUT2D eigenvalue weighted by Crippen LogP contribution is -2.23. The predicted octanol–water partition coefficient (Wildman–Crippen LogP) is 2.72. The van der Waals surface area contributed by atoms with E-state index in [0.29, 0.717) is 24.4 Å². The molecule has 5 nitrogen and oxygen atoms in total. The molecule has 0 unspecified atom stereocenters. The van der Waals surface area contributed by atoms with Crippen LogP contribution in [0.1, 0.15) is 28.4 Å². The number of rotatable bonds is 6. The van der Waals surface area contributed by atoms with Gasteiger partial charge in [0.05, 0.1) is 6.61 Å². The summed E-state index contributed by atoms with van der Waals surface area (Å²) in [4.78, 5) is 23.3. The Morgan fingerprint density at radius 1 is 1.04 bits per heavy atom. The molecule has 0 radical (unpaired) electrons. The molecular formula is C18H20N2O3. The van der Waals surface area contributed by atoms with Crippen LogP contribution in [0.15, 0.2) is 48.5 Å². The van der Waals surface area contributed by atoms with E-state index >= 15 is 0 Å². The molecule has 2 aromatic carbocycles. The van der Waals surface area contributed by atoms with Crippen LogP contribution in [0.2, 0.25) is 0 Å². The molecule has 120 valence electrons. The van der Waals surface area contributed by atoms with Gasteiger partial charge in [-0.2, -0.15) is 0 Å². The van der Waals surface area contributed by atoms with Gasteiger partial charge in [-0.1, -0.05) is 24.3 Å². The van der Waals surface area contributed by atoms with Crippen molar-refractivity contribution < 1.29 is 14.3 Å². The number of amides is 2. The molecule has 5 heteroatoms. The van der Waals surface area contributed by atoms with Crippen molar-refractivity contribution >= 4 is 17.5 Å². The minimum Gasteiger partial charge on any atom is -0.380 e. The minimum absolute atomic E-state index is 0.124. The van der Waals surface area contributed by atoms with Crippen LogP contribution in [-0.4, -0.2) is 18.9 Å². The van der Waals surface area contributed by atoms with E-state index in [1.165, 1.54) is 6.92 Å². The maximum Gasteiger partial charge on any atom is 0.251 e. The second kappa shape index (κ2) is 8.10. The van der Waals surface area contributed by atoms with Crippen LogP contribution in [0, 0.1) is 0 Å². The van der Waals surface area contributed by atoms with Crippen molar-refractivity contribution in [2.45, 2.75) is 20.1 Å². The van der Waals surface area contributed by atoms with E-state index in [-0.39, 0.29) is 11.8 Å². The lowest BCUT2D eigenvalue weighted by Gasteiger charge is -2.09. The van der Waals surface area contributed by atoms with Gasteiger partial charge in [-0.05, 0) is 35.4 Å². The third-order valence-electron chi connectivity index (χ3n) is 3.20. The maximum atomic E-state index is 12.2. The lowest BCUT2D eigenvalue weighted by molar-refractivity contribution is -0.114. The molecule has 2 aromatic rings. The zero-order chi connectivity index (χ0) is 16.7. The summed E-state index contributed by atoms with van der Waals surface area (Å²) in [6.07, 6.45) is 0. The molecule has 0 heterocycles. The number of hydrogen-bond acceptors (Lipinski definition) is 3. The topological polar surface area (TPSA) is 67.4 Å². The molecule has 2 amide bonds. The Morgan fingerprint density at radius 2 is 1.78 bits per heavy atom. The van der Waals surface area contributed by atoms with Crippen molar-refractivity contribution in [3.63, 3.8) is 0 Å². The summed E-state index contributed by atoms with van der Waals surface area (Å²) < 4.78 is 5.07. The monoisotopic (exact) mass is 312 g/mol. The molecular weight excluding hydrogens is 292 g/mol. The summed E-state index contributed by atoms with van der Waals surface area (Å²) in [5, 5.41) is 5.59. The van der Waals surface area contributed by atoms with Crippen molar-refractivity contribution in [2.75, 3.05) is 12.4 Å². The van der Waals surface area contributed by atoms with E-state index in [1.54, 1.807) is 19.2 Å². The maximum absolute atomic E-state index is 12.2. The number of methoxy groups -OCH3 is 1. The van der Waals surface area contributed by atoms with Gasteiger partial charge in [-0.15, -0.1) is 0 Å². The first-order valence-electron chi connectivity index (χ1n) is 7.31. The van der Waals surface area contributed by atoms with E-state index in [2.05, 4.69) is 10.6 Å². The molecule has 0 saturated carbocycles. The summed E-state index contributed by atoms with van der Waals surface area (Å²) in [5.74, 6) is -0.269. The van der Waals surface area contributed by atoms with Crippen LogP contribution < -0.4 is 10.6 Å². The van der Waals surface area contributed by atoms with Crippen molar-refractivity contribution in [3.8, 4) is 0 Å². The highest BCUT2D eigenvalue weighted by molar-refractivity contribution is 5.94. The molecule has 0 aliphatic carbocycles. The number of anilines is 1. The first-order chi connectivity index (χ1) is 11.1. The number of hydrogen-bond donors (Lipinski definition) is 2. The largest absolute Gasteiger partial charge is 0.380 e. The Balaban J connectivity index is 1.99. The summed E-state index contributed by atoms with van der Waals surface area (Å²) in [6.45, 7) is 2.32. The summed E-state index contributed by atoms with van der Waals surface area (Å²) >= 11 is 0. The van der Waals surface area contributed by atoms with Gasteiger partial charge in [0.15, 0.2) is 0 Å². The highest BCUT2D eigenvalue weighted by atomic mass is 16.5. The quantitative estimate of drug-likeness (QED) is 0.862. The fraction of sp³-hybridized carbons (Fsp3) is 0.222. The SMILES string of the molecule is COCc1cccc(C(=O)NCc2cccc(NC(C)=O)c2)c1. The molecule has 23 heavy (non-hydrogen) atoms. The fourth-order valence-corrected chi connectivity index (χ4v) is 2.22. The Bertz CT molecular complexity index is 698. The summed E-state index contributed by atoms with van der Waals surface area (Å²) in [7, 11) is 1.62. The van der Waals surface area contributed by atoms with Gasteiger partial charge in [0.1, 0.15) is 0 Å². The van der Waals surface area contributed by atoms with Crippen LogP contribution in [-0.2, 0) is 22.7 Å². The standard InChI is InChI=1S/C18H20N2O3/c1-13(21)20-17-8-4-5-14(10-17)11-19-18(22)16-7-3-6-15(9-16)12-23-2/h3-10H,11-12H2,1-2H3,(H,19,22)(H,20,21). The van der Waals surface area contributed by atoms with Gasteiger partial charge in [-0.25, -0.2) is 0 Å². The highest BCUT2D eigenvalue weighted by Crippen LogP contribution is 2.11. The Kier molecular flexibility index (Phi) is 5.88. The van der Waals surface area contributed by atoms with E-state index < -0.39 is 0 Å². The molecule has 2 N–H and O–H groups in total. The van der Waals surface area contributed by atoms with Crippen LogP contribution in [0.3, 0.4) is 0 Å². The van der Waals surface area contributed by atoms with E-state index in [1.807, 2.05) is 36.4 Å². The van der Waals surface area contributed by atoms with E-state index in [0.717, 1.165) is 11.1 Å². The number of carbonyl (C=O) groups excluding carboxylic acids is 2. The van der Waals surface area contributed by atoms with Gasteiger partial charge in [0, 0.05) is 31.8 Å². The molecule has 0 fully saturated rings. The smallest absolute Gasteiger partial charge is 0.251 e. The molecule has 0 aliphatic heterocycles. The molecule has 2 rings (SSSR count). The normalized spacial score (nSPS) is 10.2. The second-order valence-corrected chi connectivity index (χ2v) is 5.20. The van der Waals surface area contributed by atoms with Crippen molar-refractivity contribution in [2.24, 2.45) is 0 Å². The van der Waals surface area contributed by atoms with Gasteiger partial charge in [-0.3, -0.25) is 9.59 Å². The highest BCUT2D eigenvalue weighted by Gasteiger charge is 2.06. The van der Waals surface area contributed by atoms with E-state index in [9.17, 15) is 9.59 Å². The zero-order valence-corrected chi connectivity index (χ0v) is 13.3.